The first-order chi connectivity index (χ1) is 19.0. The van der Waals surface area contributed by atoms with Gasteiger partial charge in [-0.2, -0.15) is 5.10 Å². The number of phenolic OH excluding ortho intramolecular Hbond substituents is 1. The van der Waals surface area contributed by atoms with Crippen LogP contribution in [0.2, 0.25) is 0 Å². The zero-order valence-corrected chi connectivity index (χ0v) is 23.3. The van der Waals surface area contributed by atoms with E-state index in [1.807, 2.05) is 83.1 Å². The molecule has 40 heavy (non-hydrogen) atoms. The van der Waals surface area contributed by atoms with Crippen molar-refractivity contribution in [3.05, 3.63) is 100 Å². The molecular formula is C32H33N5O3. The molecule has 0 unspecified atom stereocenters. The monoisotopic (exact) mass is 535 g/mol. The van der Waals surface area contributed by atoms with Gasteiger partial charge in [0.25, 0.3) is 5.91 Å². The maximum Gasteiger partial charge on any atom is 0.273 e. The fourth-order valence-electron chi connectivity index (χ4n) is 4.61. The minimum atomic E-state index is -0.308. The normalized spacial score (nSPS) is 11.9. The van der Waals surface area contributed by atoms with Crippen molar-refractivity contribution in [2.45, 2.75) is 46.6 Å². The Balaban J connectivity index is 1.32. The molecule has 8 nitrogen and oxygen atoms in total. The van der Waals surface area contributed by atoms with Gasteiger partial charge in [0.1, 0.15) is 11.4 Å². The molecule has 0 aliphatic carbocycles. The quantitative estimate of drug-likeness (QED) is 0.180. The number of aromatic nitrogens is 3. The second-order valence-electron chi connectivity index (χ2n) is 11.1. The number of aromatic amines is 1. The van der Waals surface area contributed by atoms with Crippen LogP contribution in [0.3, 0.4) is 0 Å². The summed E-state index contributed by atoms with van der Waals surface area (Å²) in [5.74, 6) is 0.0173. The van der Waals surface area contributed by atoms with E-state index in [0.29, 0.717) is 29.1 Å². The van der Waals surface area contributed by atoms with Gasteiger partial charge in [-0.15, -0.1) is 0 Å². The van der Waals surface area contributed by atoms with Gasteiger partial charge in [-0.05, 0) is 94.1 Å². The van der Waals surface area contributed by atoms with Gasteiger partial charge in [-0.25, -0.2) is 0 Å². The molecular weight excluding hydrogens is 502 g/mol. The maximum absolute atomic E-state index is 13.0. The third kappa shape index (κ3) is 5.61. The molecule has 5 aromatic rings. The largest absolute Gasteiger partial charge is 0.508 e. The summed E-state index contributed by atoms with van der Waals surface area (Å²) in [5.41, 5.74) is 6.63. The average molecular weight is 536 g/mol. The Morgan fingerprint density at radius 3 is 2.42 bits per heavy atom. The Morgan fingerprint density at radius 2 is 1.73 bits per heavy atom. The number of nitrogens with one attached hydrogen (secondary N) is 2. The minimum absolute atomic E-state index is 0.0373. The Hall–Kier alpha value is -4.85. The van der Waals surface area contributed by atoms with Gasteiger partial charge >= 0.3 is 0 Å². The number of anilines is 1. The fraction of sp³-hybridized carbons (Fsp3) is 0.219. The number of nitrogens with zero attached hydrogens (tertiary/aromatic N) is 3. The summed E-state index contributed by atoms with van der Waals surface area (Å²) in [5, 5.41) is 28.8. The van der Waals surface area contributed by atoms with E-state index in [1.54, 1.807) is 29.1 Å². The van der Waals surface area contributed by atoms with Gasteiger partial charge in [0.15, 0.2) is 5.88 Å². The molecule has 0 spiro atoms. The number of carbonyl (C=O) groups excluding carboxylic acids is 1. The van der Waals surface area contributed by atoms with Gasteiger partial charge in [0.05, 0.1) is 22.5 Å². The maximum atomic E-state index is 13.0. The molecule has 1 amide bonds. The molecule has 0 fully saturated rings. The average Bonchev–Trinajstić information content (AvgIpc) is 3.45. The SMILES string of the molecule is Cc1cc(C(=O)Nc2ccc(Cc3ccc4[nH]c(O)c(C=Nc5ccc(C)c(O)c5)c4c3)cc2)n(C(C)(C)C)n1. The molecule has 0 aliphatic rings. The second kappa shape index (κ2) is 10.4. The summed E-state index contributed by atoms with van der Waals surface area (Å²) in [6.07, 6.45) is 2.28. The molecule has 5 rings (SSSR count). The number of benzene rings is 3. The van der Waals surface area contributed by atoms with E-state index < -0.39 is 0 Å². The van der Waals surface area contributed by atoms with Crippen LogP contribution in [0.5, 0.6) is 11.6 Å². The lowest BCUT2D eigenvalue weighted by Crippen LogP contribution is -2.29. The van der Waals surface area contributed by atoms with Crippen LogP contribution >= 0.6 is 0 Å². The van der Waals surface area contributed by atoms with Crippen LogP contribution in [-0.2, 0) is 12.0 Å². The fourth-order valence-corrected chi connectivity index (χ4v) is 4.61. The molecule has 0 saturated heterocycles. The lowest BCUT2D eigenvalue weighted by Gasteiger charge is -2.22. The zero-order chi connectivity index (χ0) is 28.6. The molecule has 3 aromatic carbocycles. The van der Waals surface area contributed by atoms with Crippen LogP contribution in [0.25, 0.3) is 10.9 Å². The minimum Gasteiger partial charge on any atom is -0.508 e. The summed E-state index contributed by atoms with van der Waals surface area (Å²) >= 11 is 0. The summed E-state index contributed by atoms with van der Waals surface area (Å²) in [6.45, 7) is 9.75. The molecule has 8 heteroatoms. The highest BCUT2D eigenvalue weighted by molar-refractivity contribution is 6.03. The molecule has 4 N–H and O–H groups in total. The first-order valence-electron chi connectivity index (χ1n) is 13.1. The third-order valence-corrected chi connectivity index (χ3v) is 6.74. The summed E-state index contributed by atoms with van der Waals surface area (Å²) in [4.78, 5) is 20.4. The first-order valence-corrected chi connectivity index (χ1v) is 13.1. The van der Waals surface area contributed by atoms with E-state index in [1.165, 1.54) is 0 Å². The van der Waals surface area contributed by atoms with Gasteiger partial charge in [-0.1, -0.05) is 24.3 Å². The Morgan fingerprint density at radius 1 is 1.00 bits per heavy atom. The molecule has 2 aromatic heterocycles. The Bertz CT molecular complexity index is 1740. The van der Waals surface area contributed by atoms with Crippen molar-refractivity contribution in [2.75, 3.05) is 5.32 Å². The van der Waals surface area contributed by atoms with Crippen LogP contribution in [0.1, 0.15) is 59.2 Å². The first kappa shape index (κ1) is 26.7. The van der Waals surface area contributed by atoms with E-state index in [-0.39, 0.29) is 23.1 Å². The smallest absolute Gasteiger partial charge is 0.273 e. The molecule has 0 atom stereocenters. The number of hydrogen-bond donors (Lipinski definition) is 4. The van der Waals surface area contributed by atoms with Crippen molar-refractivity contribution in [1.82, 2.24) is 14.8 Å². The highest BCUT2D eigenvalue weighted by Crippen LogP contribution is 2.29. The van der Waals surface area contributed by atoms with Gasteiger partial charge in [-0.3, -0.25) is 14.5 Å². The lowest BCUT2D eigenvalue weighted by atomic mass is 10.0. The van der Waals surface area contributed by atoms with Crippen molar-refractivity contribution < 1.29 is 15.0 Å². The number of hydrogen-bond acceptors (Lipinski definition) is 5. The highest BCUT2D eigenvalue weighted by Gasteiger charge is 2.23. The summed E-state index contributed by atoms with van der Waals surface area (Å²) in [6, 6.07) is 20.8. The van der Waals surface area contributed by atoms with Crippen LogP contribution in [0.15, 0.2) is 71.7 Å². The standard InChI is InChI=1S/C32H33N5O3/c1-19-6-10-24(17-29(19)38)33-18-26-25-16-22(9-13-27(25)35-30(26)39)15-21-7-11-23(12-8-21)34-31(40)28-14-20(2)36-37(28)32(3,4)5/h6-14,16-18,35,38-39H,15H2,1-5H3,(H,34,40). The number of fused-ring (bicyclic) bond motifs is 1. The number of rotatable bonds is 6. The third-order valence-electron chi connectivity index (χ3n) is 6.74. The van der Waals surface area contributed by atoms with Crippen LogP contribution < -0.4 is 5.32 Å². The molecule has 2 heterocycles. The van der Waals surface area contributed by atoms with Crippen LogP contribution in [0.4, 0.5) is 11.4 Å². The molecule has 0 saturated carbocycles. The molecule has 0 radical (unpaired) electrons. The van der Waals surface area contributed by atoms with E-state index in [2.05, 4.69) is 20.4 Å². The van der Waals surface area contributed by atoms with Crippen molar-refractivity contribution >= 4 is 34.4 Å². The second-order valence-corrected chi connectivity index (χ2v) is 11.1. The number of amides is 1. The van der Waals surface area contributed by atoms with Gasteiger partial charge < -0.3 is 20.5 Å². The van der Waals surface area contributed by atoms with Crippen molar-refractivity contribution in [1.29, 1.82) is 0 Å². The van der Waals surface area contributed by atoms with Crippen molar-refractivity contribution in [3.63, 3.8) is 0 Å². The van der Waals surface area contributed by atoms with Gasteiger partial charge in [0, 0.05) is 28.9 Å². The number of H-pyrrole nitrogens is 1. The summed E-state index contributed by atoms with van der Waals surface area (Å²) in [7, 11) is 0. The number of aromatic hydroxyl groups is 2. The number of aliphatic imine (C=N–C) groups is 1. The number of phenols is 1. The van der Waals surface area contributed by atoms with Crippen LogP contribution in [0, 0.1) is 13.8 Å². The summed E-state index contributed by atoms with van der Waals surface area (Å²) < 4.78 is 1.75. The number of aryl methyl sites for hydroxylation is 2. The Labute approximate surface area is 233 Å². The molecule has 0 bridgehead atoms. The lowest BCUT2D eigenvalue weighted by molar-refractivity contribution is 0.100. The van der Waals surface area contributed by atoms with Gasteiger partial charge in [0.2, 0.25) is 0 Å². The van der Waals surface area contributed by atoms with E-state index in [0.717, 1.165) is 33.3 Å². The van der Waals surface area contributed by atoms with E-state index in [9.17, 15) is 15.0 Å². The molecule has 0 aliphatic heterocycles. The van der Waals surface area contributed by atoms with Crippen molar-refractivity contribution in [2.24, 2.45) is 4.99 Å². The number of carbonyl (C=O) groups is 1. The zero-order valence-electron chi connectivity index (χ0n) is 23.3. The van der Waals surface area contributed by atoms with E-state index in [4.69, 9.17) is 0 Å². The van der Waals surface area contributed by atoms with Crippen molar-refractivity contribution in [3.8, 4) is 11.6 Å². The van der Waals surface area contributed by atoms with E-state index >= 15 is 0 Å². The molecule has 204 valence electrons. The van der Waals surface area contributed by atoms with Crippen LogP contribution in [-0.4, -0.2) is 37.1 Å². The predicted molar refractivity (Wildman–Crippen MR) is 159 cm³/mol. The topological polar surface area (TPSA) is 116 Å². The predicted octanol–water partition coefficient (Wildman–Crippen LogP) is 6.74. The Kier molecular flexibility index (Phi) is 6.94. The highest BCUT2D eigenvalue weighted by atomic mass is 16.3.